The molecule has 0 saturated heterocycles. The van der Waals surface area contributed by atoms with Gasteiger partial charge in [0.1, 0.15) is 11.5 Å². The fraction of sp³-hybridized carbons (Fsp3) is 0.778. The second-order valence-electron chi connectivity index (χ2n) is 10.4. The van der Waals surface area contributed by atoms with Gasteiger partial charge in [0.05, 0.1) is 6.10 Å². The number of fused-ring (bicyclic) bond motifs is 1. The Hall–Kier alpha value is -1.18. The molecule has 0 radical (unpaired) electrons. The normalized spacial score (nSPS) is 20.9. The summed E-state index contributed by atoms with van der Waals surface area (Å²) in [6.45, 7) is 13.8. The van der Waals surface area contributed by atoms with Gasteiger partial charge in [-0.05, 0) is 73.6 Å². The molecule has 1 N–H and O–H groups in total. The van der Waals surface area contributed by atoms with E-state index in [0.717, 1.165) is 35.5 Å². The maximum Gasteiger partial charge on any atom is 0.126 e. The Morgan fingerprint density at radius 3 is 2.14 bits per heavy atom. The molecule has 166 valence electrons. The van der Waals surface area contributed by atoms with Crippen LogP contribution in [0.1, 0.15) is 104 Å². The molecule has 4 atom stereocenters. The van der Waals surface area contributed by atoms with Crippen LogP contribution in [-0.2, 0) is 6.42 Å². The number of phenols is 1. The van der Waals surface area contributed by atoms with Crippen molar-refractivity contribution in [3.8, 4) is 11.5 Å². The molecule has 29 heavy (non-hydrogen) atoms. The van der Waals surface area contributed by atoms with Crippen LogP contribution in [0.5, 0.6) is 11.5 Å². The van der Waals surface area contributed by atoms with Crippen molar-refractivity contribution in [3.05, 3.63) is 23.3 Å². The number of phenolic OH excluding ortho intramolecular Hbond substituents is 1. The fourth-order valence-corrected chi connectivity index (χ4v) is 4.92. The molecule has 0 saturated carbocycles. The highest BCUT2D eigenvalue weighted by molar-refractivity contribution is 5.47. The van der Waals surface area contributed by atoms with Crippen molar-refractivity contribution in [3.63, 3.8) is 0 Å². The minimum absolute atomic E-state index is 0.271. The van der Waals surface area contributed by atoms with Crippen LogP contribution in [0.15, 0.2) is 12.1 Å². The van der Waals surface area contributed by atoms with E-state index in [-0.39, 0.29) is 6.10 Å². The predicted molar refractivity (Wildman–Crippen MR) is 125 cm³/mol. The number of hydrogen-bond donors (Lipinski definition) is 1. The first kappa shape index (κ1) is 24.1. The Morgan fingerprint density at radius 2 is 1.52 bits per heavy atom. The summed E-state index contributed by atoms with van der Waals surface area (Å²) in [5.74, 6) is 4.50. The zero-order valence-corrected chi connectivity index (χ0v) is 20.0. The van der Waals surface area contributed by atoms with Gasteiger partial charge >= 0.3 is 0 Å². The smallest absolute Gasteiger partial charge is 0.126 e. The molecule has 0 unspecified atom stereocenters. The minimum atomic E-state index is 0.271. The number of ether oxygens (including phenoxy) is 1. The molecule has 2 heteroatoms. The van der Waals surface area contributed by atoms with E-state index in [1.54, 1.807) is 6.07 Å². The minimum Gasteiger partial charge on any atom is -0.508 e. The average molecular weight is 403 g/mol. The van der Waals surface area contributed by atoms with Gasteiger partial charge < -0.3 is 9.84 Å². The lowest BCUT2D eigenvalue weighted by atomic mass is 9.85. The van der Waals surface area contributed by atoms with E-state index in [0.29, 0.717) is 11.7 Å². The summed E-state index contributed by atoms with van der Waals surface area (Å²) < 4.78 is 6.21. The highest BCUT2D eigenvalue weighted by Gasteiger charge is 2.28. The molecule has 1 aromatic carbocycles. The van der Waals surface area contributed by atoms with Crippen LogP contribution in [0.4, 0.5) is 0 Å². The lowest BCUT2D eigenvalue weighted by Crippen LogP contribution is -2.30. The Morgan fingerprint density at radius 1 is 0.931 bits per heavy atom. The largest absolute Gasteiger partial charge is 0.508 e. The molecule has 0 fully saturated rings. The van der Waals surface area contributed by atoms with E-state index in [4.69, 9.17) is 4.74 Å². The maximum absolute atomic E-state index is 9.91. The van der Waals surface area contributed by atoms with Gasteiger partial charge in [-0.2, -0.15) is 0 Å². The summed E-state index contributed by atoms with van der Waals surface area (Å²) in [5.41, 5.74) is 2.24. The number of aromatic hydroxyl groups is 1. The Balaban J connectivity index is 1.64. The molecule has 0 aromatic heterocycles. The van der Waals surface area contributed by atoms with Crippen molar-refractivity contribution in [2.75, 3.05) is 0 Å². The van der Waals surface area contributed by atoms with Crippen LogP contribution >= 0.6 is 0 Å². The van der Waals surface area contributed by atoms with E-state index < -0.39 is 0 Å². The summed E-state index contributed by atoms with van der Waals surface area (Å²) in [4.78, 5) is 0. The van der Waals surface area contributed by atoms with E-state index in [9.17, 15) is 5.11 Å². The second kappa shape index (κ2) is 11.9. The number of benzene rings is 1. The number of rotatable bonds is 12. The molecule has 1 heterocycles. The lowest BCUT2D eigenvalue weighted by Gasteiger charge is -2.33. The molecule has 0 aliphatic carbocycles. The molecule has 1 aliphatic rings. The zero-order valence-electron chi connectivity index (χ0n) is 20.0. The van der Waals surface area contributed by atoms with E-state index >= 15 is 0 Å². The molecule has 0 amide bonds. The van der Waals surface area contributed by atoms with Gasteiger partial charge in [0.2, 0.25) is 0 Å². The first-order valence-corrected chi connectivity index (χ1v) is 12.2. The molecular formula is C27H46O2. The van der Waals surface area contributed by atoms with Gasteiger partial charge in [-0.15, -0.1) is 0 Å². The quantitative estimate of drug-likeness (QED) is 0.383. The highest BCUT2D eigenvalue weighted by atomic mass is 16.5. The van der Waals surface area contributed by atoms with Gasteiger partial charge in [0, 0.05) is 0 Å². The Labute approximate surface area is 180 Å². The highest BCUT2D eigenvalue weighted by Crippen LogP contribution is 2.38. The third-order valence-corrected chi connectivity index (χ3v) is 6.93. The first-order valence-electron chi connectivity index (χ1n) is 12.2. The Bertz CT molecular complexity index is 607. The van der Waals surface area contributed by atoms with Crippen molar-refractivity contribution in [2.24, 2.45) is 23.7 Å². The molecule has 2 nitrogen and oxygen atoms in total. The van der Waals surface area contributed by atoms with Crippen molar-refractivity contribution >= 4 is 0 Å². The van der Waals surface area contributed by atoms with E-state index in [2.05, 4.69) is 34.6 Å². The van der Waals surface area contributed by atoms with Gasteiger partial charge in [0.15, 0.2) is 0 Å². The van der Waals surface area contributed by atoms with Crippen molar-refractivity contribution in [1.82, 2.24) is 0 Å². The SMILES string of the molecule is Cc1cc(O)cc2c1O[C@@H](C)[C@@H](CCC[C@H](C)CCC[C@H](C)CCCC(C)C)C2. The van der Waals surface area contributed by atoms with Gasteiger partial charge in [-0.1, -0.05) is 79.1 Å². The number of aryl methyl sites for hydroxylation is 1. The molecule has 0 bridgehead atoms. The second-order valence-corrected chi connectivity index (χ2v) is 10.4. The maximum atomic E-state index is 9.91. The summed E-state index contributed by atoms with van der Waals surface area (Å²) in [6.07, 6.45) is 13.5. The van der Waals surface area contributed by atoms with E-state index in [1.807, 2.05) is 13.0 Å². The van der Waals surface area contributed by atoms with Crippen LogP contribution in [-0.4, -0.2) is 11.2 Å². The van der Waals surface area contributed by atoms with Gasteiger partial charge in [-0.3, -0.25) is 0 Å². The van der Waals surface area contributed by atoms with Crippen LogP contribution < -0.4 is 4.74 Å². The average Bonchev–Trinajstić information content (AvgIpc) is 2.62. The van der Waals surface area contributed by atoms with Gasteiger partial charge in [0.25, 0.3) is 0 Å². The topological polar surface area (TPSA) is 29.5 Å². The zero-order chi connectivity index (χ0) is 21.4. The third kappa shape index (κ3) is 8.22. The Kier molecular flexibility index (Phi) is 9.86. The first-order chi connectivity index (χ1) is 13.8. The molecule has 0 spiro atoms. The summed E-state index contributed by atoms with van der Waals surface area (Å²) in [5, 5.41) is 9.91. The van der Waals surface area contributed by atoms with Gasteiger partial charge in [-0.25, -0.2) is 0 Å². The lowest BCUT2D eigenvalue weighted by molar-refractivity contribution is 0.119. The summed E-state index contributed by atoms with van der Waals surface area (Å²) in [7, 11) is 0. The number of hydrogen-bond acceptors (Lipinski definition) is 2. The molecule has 1 aliphatic heterocycles. The fourth-order valence-electron chi connectivity index (χ4n) is 4.92. The van der Waals surface area contributed by atoms with Crippen LogP contribution in [0.3, 0.4) is 0 Å². The van der Waals surface area contributed by atoms with Crippen LogP contribution in [0.2, 0.25) is 0 Å². The predicted octanol–water partition coefficient (Wildman–Crippen LogP) is 8.08. The standard InChI is InChI=1S/C27H46O2/c1-19(2)10-7-11-20(3)12-8-13-21(4)14-9-15-24-17-25-18-26(28)16-22(5)27(25)29-23(24)6/h16,18-21,23-24,28H,7-15,17H2,1-6H3/t20-,21-,23+,24+/m1/s1. The van der Waals surface area contributed by atoms with Crippen LogP contribution in [0, 0.1) is 30.6 Å². The monoisotopic (exact) mass is 402 g/mol. The van der Waals surface area contributed by atoms with E-state index in [1.165, 1.54) is 63.4 Å². The van der Waals surface area contributed by atoms with Crippen LogP contribution in [0.25, 0.3) is 0 Å². The van der Waals surface area contributed by atoms with Crippen molar-refractivity contribution < 1.29 is 9.84 Å². The molecular weight excluding hydrogens is 356 g/mol. The molecule has 2 rings (SSSR count). The van der Waals surface area contributed by atoms with Crippen molar-refractivity contribution in [1.29, 1.82) is 0 Å². The third-order valence-electron chi connectivity index (χ3n) is 6.93. The summed E-state index contributed by atoms with van der Waals surface area (Å²) >= 11 is 0. The molecule has 1 aromatic rings. The van der Waals surface area contributed by atoms with Crippen molar-refractivity contribution in [2.45, 2.75) is 112 Å². The summed E-state index contributed by atoms with van der Waals surface area (Å²) in [6, 6.07) is 3.70.